The van der Waals surface area contributed by atoms with Gasteiger partial charge in [0.2, 0.25) is 0 Å². The molecule has 0 saturated heterocycles. The molecule has 1 aromatic rings. The van der Waals surface area contributed by atoms with Crippen molar-refractivity contribution < 1.29 is 19.4 Å². The van der Waals surface area contributed by atoms with Crippen molar-refractivity contribution >= 4 is 11.9 Å². The van der Waals surface area contributed by atoms with Crippen LogP contribution in [0, 0.1) is 0 Å². The molecule has 0 saturated carbocycles. The van der Waals surface area contributed by atoms with Gasteiger partial charge in [-0.2, -0.15) is 0 Å². The van der Waals surface area contributed by atoms with Crippen LogP contribution in [0.4, 0.5) is 0 Å². The normalized spacial score (nSPS) is 18.7. The van der Waals surface area contributed by atoms with Gasteiger partial charge < -0.3 is 15.2 Å². The Labute approximate surface area is 85.7 Å². The molecule has 1 atom stereocenters. The van der Waals surface area contributed by atoms with Gasteiger partial charge in [-0.05, 0) is 12.1 Å². The molecule has 0 radical (unpaired) electrons. The topological polar surface area (TPSA) is 75.6 Å². The monoisotopic (exact) mass is 207 g/mol. The quantitative estimate of drug-likeness (QED) is 0.745. The average Bonchev–Trinajstić information content (AvgIpc) is 2.16. The van der Waals surface area contributed by atoms with Crippen LogP contribution in [0.3, 0.4) is 0 Å². The third-order valence-corrected chi connectivity index (χ3v) is 2.05. The van der Waals surface area contributed by atoms with Crippen molar-refractivity contribution in [3.8, 4) is 5.75 Å². The Morgan fingerprint density at radius 1 is 1.47 bits per heavy atom. The number of carboxylic acid groups (broad SMARTS) is 1. The number of aliphatic carboxylic acids is 1. The van der Waals surface area contributed by atoms with Crippen molar-refractivity contribution in [1.82, 2.24) is 5.32 Å². The molecule has 1 aliphatic rings. The Bertz CT molecular complexity index is 416. The number of amides is 1. The molecule has 78 valence electrons. The molecule has 5 nitrogen and oxygen atoms in total. The van der Waals surface area contributed by atoms with Crippen molar-refractivity contribution in [2.24, 2.45) is 0 Å². The first-order chi connectivity index (χ1) is 7.16. The van der Waals surface area contributed by atoms with Crippen LogP contribution in [0.2, 0.25) is 0 Å². The van der Waals surface area contributed by atoms with Gasteiger partial charge in [0.1, 0.15) is 12.2 Å². The van der Waals surface area contributed by atoms with Crippen LogP contribution in [-0.2, 0) is 4.79 Å². The van der Waals surface area contributed by atoms with E-state index in [-0.39, 0.29) is 12.3 Å². The molecule has 0 aromatic heterocycles. The highest BCUT2D eigenvalue weighted by molar-refractivity contribution is 5.98. The van der Waals surface area contributed by atoms with Gasteiger partial charge in [0.25, 0.3) is 5.91 Å². The van der Waals surface area contributed by atoms with E-state index in [4.69, 9.17) is 9.84 Å². The number of hydrogen-bond donors (Lipinski definition) is 2. The number of ether oxygens (including phenoxy) is 1. The average molecular weight is 207 g/mol. The number of nitrogens with one attached hydrogen (secondary N) is 1. The largest absolute Gasteiger partial charge is 0.481 e. The third-order valence-electron chi connectivity index (χ3n) is 2.05. The SMILES string of the molecule is O=C(O)C[C@@H]1NC(=O)c2ccccc2O1. The maximum atomic E-state index is 11.5. The van der Waals surface area contributed by atoms with Gasteiger partial charge in [0, 0.05) is 0 Å². The predicted molar refractivity (Wildman–Crippen MR) is 50.6 cm³/mol. The molecule has 2 N–H and O–H groups in total. The summed E-state index contributed by atoms with van der Waals surface area (Å²) < 4.78 is 5.30. The molecule has 0 unspecified atom stereocenters. The van der Waals surface area contributed by atoms with E-state index in [0.717, 1.165) is 0 Å². The predicted octanol–water partition coefficient (Wildman–Crippen LogP) is 0.610. The number of benzene rings is 1. The van der Waals surface area contributed by atoms with E-state index in [2.05, 4.69) is 5.32 Å². The van der Waals surface area contributed by atoms with E-state index in [1.165, 1.54) is 0 Å². The van der Waals surface area contributed by atoms with Gasteiger partial charge in [-0.15, -0.1) is 0 Å². The number of carbonyl (C=O) groups excluding carboxylic acids is 1. The lowest BCUT2D eigenvalue weighted by Crippen LogP contribution is -2.44. The highest BCUT2D eigenvalue weighted by Crippen LogP contribution is 2.23. The van der Waals surface area contributed by atoms with E-state index in [1.54, 1.807) is 24.3 Å². The lowest BCUT2D eigenvalue weighted by atomic mass is 10.1. The minimum atomic E-state index is -1.01. The number of hydrogen-bond acceptors (Lipinski definition) is 3. The second-order valence-corrected chi connectivity index (χ2v) is 3.17. The molecule has 15 heavy (non-hydrogen) atoms. The first kappa shape index (κ1) is 9.51. The number of carboxylic acids is 1. The first-order valence-corrected chi connectivity index (χ1v) is 4.45. The standard InChI is InChI=1S/C10H9NO4/c12-9(13)5-8-11-10(14)6-3-1-2-4-7(6)15-8/h1-4,8H,5H2,(H,11,14)(H,12,13)/t8-/m1/s1. The Kier molecular flexibility index (Phi) is 2.29. The summed E-state index contributed by atoms with van der Waals surface area (Å²) in [5, 5.41) is 11.0. The molecular weight excluding hydrogens is 198 g/mol. The molecule has 0 spiro atoms. The van der Waals surface area contributed by atoms with Gasteiger partial charge in [0.05, 0.1) is 5.56 Å². The lowest BCUT2D eigenvalue weighted by molar-refractivity contribution is -0.139. The molecule has 2 rings (SSSR count). The summed E-state index contributed by atoms with van der Waals surface area (Å²) >= 11 is 0. The van der Waals surface area contributed by atoms with Gasteiger partial charge >= 0.3 is 5.97 Å². The number of rotatable bonds is 2. The zero-order valence-electron chi connectivity index (χ0n) is 7.77. The summed E-state index contributed by atoms with van der Waals surface area (Å²) in [5.41, 5.74) is 0.430. The number of para-hydroxylation sites is 1. The summed E-state index contributed by atoms with van der Waals surface area (Å²) in [6.07, 6.45) is -1.04. The van der Waals surface area contributed by atoms with Gasteiger partial charge in [-0.3, -0.25) is 9.59 Å². The lowest BCUT2D eigenvalue weighted by Gasteiger charge is -2.25. The van der Waals surface area contributed by atoms with Gasteiger partial charge in [0.15, 0.2) is 6.23 Å². The van der Waals surface area contributed by atoms with Crippen molar-refractivity contribution in [1.29, 1.82) is 0 Å². The summed E-state index contributed by atoms with van der Waals surface area (Å²) in [5.74, 6) is -0.893. The fraction of sp³-hybridized carbons (Fsp3) is 0.200. The van der Waals surface area contributed by atoms with E-state index >= 15 is 0 Å². The van der Waals surface area contributed by atoms with Crippen LogP contribution in [0.25, 0.3) is 0 Å². The van der Waals surface area contributed by atoms with Gasteiger partial charge in [-0.1, -0.05) is 12.1 Å². The van der Waals surface area contributed by atoms with Crippen LogP contribution in [-0.4, -0.2) is 23.2 Å². The maximum Gasteiger partial charge on any atom is 0.309 e. The Hall–Kier alpha value is -2.04. The molecule has 5 heteroatoms. The van der Waals surface area contributed by atoms with E-state index in [1.807, 2.05) is 0 Å². The minimum Gasteiger partial charge on any atom is -0.481 e. The second-order valence-electron chi connectivity index (χ2n) is 3.17. The van der Waals surface area contributed by atoms with Crippen molar-refractivity contribution in [2.75, 3.05) is 0 Å². The summed E-state index contributed by atoms with van der Waals surface area (Å²) in [6, 6.07) is 6.72. The smallest absolute Gasteiger partial charge is 0.309 e. The zero-order chi connectivity index (χ0) is 10.8. The molecule has 0 aliphatic carbocycles. The van der Waals surface area contributed by atoms with E-state index in [9.17, 15) is 9.59 Å². The fourth-order valence-corrected chi connectivity index (χ4v) is 1.41. The summed E-state index contributed by atoms with van der Waals surface area (Å²) in [6.45, 7) is 0. The third kappa shape index (κ3) is 1.90. The summed E-state index contributed by atoms with van der Waals surface area (Å²) in [7, 11) is 0. The highest BCUT2D eigenvalue weighted by Gasteiger charge is 2.26. The highest BCUT2D eigenvalue weighted by atomic mass is 16.5. The van der Waals surface area contributed by atoms with Gasteiger partial charge in [-0.25, -0.2) is 0 Å². The van der Waals surface area contributed by atoms with Crippen LogP contribution < -0.4 is 10.1 Å². The maximum absolute atomic E-state index is 11.5. The minimum absolute atomic E-state index is 0.250. The van der Waals surface area contributed by atoms with Crippen molar-refractivity contribution in [2.45, 2.75) is 12.6 Å². The molecule has 1 heterocycles. The fourth-order valence-electron chi connectivity index (χ4n) is 1.41. The molecule has 0 bridgehead atoms. The zero-order valence-corrected chi connectivity index (χ0v) is 7.77. The molecule has 1 aromatic carbocycles. The second kappa shape index (κ2) is 3.61. The molecule has 0 fully saturated rings. The van der Waals surface area contributed by atoms with E-state index in [0.29, 0.717) is 11.3 Å². The van der Waals surface area contributed by atoms with Crippen LogP contribution >= 0.6 is 0 Å². The Morgan fingerprint density at radius 3 is 2.93 bits per heavy atom. The number of fused-ring (bicyclic) bond motifs is 1. The summed E-state index contributed by atoms with van der Waals surface area (Å²) in [4.78, 5) is 21.9. The Morgan fingerprint density at radius 2 is 2.20 bits per heavy atom. The molecular formula is C10H9NO4. The van der Waals surface area contributed by atoms with Crippen molar-refractivity contribution in [3.05, 3.63) is 29.8 Å². The van der Waals surface area contributed by atoms with E-state index < -0.39 is 12.2 Å². The first-order valence-electron chi connectivity index (χ1n) is 4.45. The molecule has 1 amide bonds. The van der Waals surface area contributed by atoms with Crippen LogP contribution in [0.1, 0.15) is 16.8 Å². The van der Waals surface area contributed by atoms with Crippen LogP contribution in [0.5, 0.6) is 5.75 Å². The Balaban J connectivity index is 2.23. The van der Waals surface area contributed by atoms with Crippen molar-refractivity contribution in [3.63, 3.8) is 0 Å². The molecule has 1 aliphatic heterocycles. The number of carbonyl (C=O) groups is 2. The van der Waals surface area contributed by atoms with Crippen LogP contribution in [0.15, 0.2) is 24.3 Å².